The van der Waals surface area contributed by atoms with Gasteiger partial charge in [-0.3, -0.25) is 0 Å². The summed E-state index contributed by atoms with van der Waals surface area (Å²) < 4.78 is 0. The quantitative estimate of drug-likeness (QED) is 0.495. The third-order valence-corrected chi connectivity index (χ3v) is 4.20. The molecule has 0 unspecified atom stereocenters. The van der Waals surface area contributed by atoms with Gasteiger partial charge in [0.25, 0.3) is 0 Å². The molecule has 2 rings (SSSR count). The van der Waals surface area contributed by atoms with Crippen LogP contribution in [0, 0.1) is 0 Å². The Morgan fingerprint density at radius 1 is 0.783 bits per heavy atom. The lowest BCUT2D eigenvalue weighted by atomic mass is 10.0. The molecule has 0 spiro atoms. The molecule has 0 aliphatic carbocycles. The largest absolute Gasteiger partial charge is 0.508 e. The molecule has 2 N–H and O–H groups in total. The van der Waals surface area contributed by atoms with Gasteiger partial charge < -0.3 is 10.4 Å². The molecular weight excluding hydrogens is 282 g/mol. The summed E-state index contributed by atoms with van der Waals surface area (Å²) in [7, 11) is 0. The molecule has 124 valence electrons. The van der Waals surface area contributed by atoms with E-state index in [9.17, 15) is 5.11 Å². The van der Waals surface area contributed by atoms with Gasteiger partial charge in [0, 0.05) is 17.4 Å². The fourth-order valence-electron chi connectivity index (χ4n) is 2.81. The first kappa shape index (κ1) is 17.4. The predicted octanol–water partition coefficient (Wildman–Crippen LogP) is 6.43. The van der Waals surface area contributed by atoms with E-state index in [1.165, 1.54) is 38.5 Å². The van der Waals surface area contributed by atoms with Crippen molar-refractivity contribution in [3.8, 4) is 5.75 Å². The first-order valence-corrected chi connectivity index (χ1v) is 8.93. The molecule has 2 aromatic rings. The van der Waals surface area contributed by atoms with Crippen LogP contribution in [-0.4, -0.2) is 5.11 Å². The van der Waals surface area contributed by atoms with Gasteiger partial charge in [0.2, 0.25) is 0 Å². The fourth-order valence-corrected chi connectivity index (χ4v) is 2.81. The van der Waals surface area contributed by atoms with Gasteiger partial charge in [-0.15, -0.1) is 0 Å². The number of phenolic OH excluding ortho intramolecular Hbond substituents is 1. The van der Waals surface area contributed by atoms with E-state index in [-0.39, 0.29) is 0 Å². The highest BCUT2D eigenvalue weighted by molar-refractivity contribution is 5.61. The van der Waals surface area contributed by atoms with Gasteiger partial charge in [0.05, 0.1) is 0 Å². The molecule has 0 aromatic heterocycles. The second-order valence-electron chi connectivity index (χ2n) is 6.21. The lowest BCUT2D eigenvalue weighted by Gasteiger charge is -2.10. The van der Waals surface area contributed by atoms with Crippen molar-refractivity contribution in [1.82, 2.24) is 0 Å². The van der Waals surface area contributed by atoms with Gasteiger partial charge in [0.1, 0.15) is 5.75 Å². The van der Waals surface area contributed by atoms with Crippen LogP contribution < -0.4 is 5.32 Å². The number of rotatable bonds is 10. The minimum Gasteiger partial charge on any atom is -0.508 e. The monoisotopic (exact) mass is 311 g/mol. The molecule has 2 nitrogen and oxygen atoms in total. The van der Waals surface area contributed by atoms with Crippen molar-refractivity contribution in [3.05, 3.63) is 54.1 Å². The van der Waals surface area contributed by atoms with Crippen LogP contribution in [0.15, 0.2) is 48.5 Å². The van der Waals surface area contributed by atoms with Crippen LogP contribution in [0.2, 0.25) is 0 Å². The van der Waals surface area contributed by atoms with Gasteiger partial charge in [-0.05, 0) is 36.6 Å². The summed E-state index contributed by atoms with van der Waals surface area (Å²) in [6, 6.07) is 15.9. The molecule has 0 bridgehead atoms. The Morgan fingerprint density at radius 2 is 1.48 bits per heavy atom. The van der Waals surface area contributed by atoms with Crippen molar-refractivity contribution in [1.29, 1.82) is 0 Å². The Labute approximate surface area is 140 Å². The van der Waals surface area contributed by atoms with E-state index in [0.717, 1.165) is 29.8 Å². The molecule has 0 atom stereocenters. The van der Waals surface area contributed by atoms with Gasteiger partial charge >= 0.3 is 0 Å². The summed E-state index contributed by atoms with van der Waals surface area (Å²) in [5.41, 5.74) is 3.01. The number of nitrogens with one attached hydrogen (secondary N) is 1. The molecule has 0 saturated carbocycles. The average molecular weight is 311 g/mol. The summed E-state index contributed by atoms with van der Waals surface area (Å²) in [4.78, 5) is 0. The Hall–Kier alpha value is -1.96. The maximum atomic E-state index is 10.2. The number of aromatic hydroxyl groups is 1. The van der Waals surface area contributed by atoms with Crippen molar-refractivity contribution in [2.24, 2.45) is 0 Å². The van der Waals surface area contributed by atoms with E-state index in [0.29, 0.717) is 5.75 Å². The van der Waals surface area contributed by atoms with E-state index >= 15 is 0 Å². The first-order valence-electron chi connectivity index (χ1n) is 8.93. The third kappa shape index (κ3) is 6.35. The Kier molecular flexibility index (Phi) is 7.51. The molecule has 0 saturated heterocycles. The van der Waals surface area contributed by atoms with Crippen LogP contribution >= 0.6 is 0 Å². The number of aryl methyl sites for hydroxylation is 1. The summed E-state index contributed by atoms with van der Waals surface area (Å²) in [5.74, 6) is 0.400. The predicted molar refractivity (Wildman–Crippen MR) is 99.5 cm³/mol. The van der Waals surface area contributed by atoms with E-state index in [1.807, 2.05) is 48.5 Å². The summed E-state index contributed by atoms with van der Waals surface area (Å²) in [6.45, 7) is 2.25. The second-order valence-corrected chi connectivity index (χ2v) is 6.21. The van der Waals surface area contributed by atoms with Gasteiger partial charge in [-0.1, -0.05) is 69.7 Å². The average Bonchev–Trinajstić information content (AvgIpc) is 2.57. The van der Waals surface area contributed by atoms with Crippen molar-refractivity contribution >= 4 is 11.4 Å². The zero-order valence-electron chi connectivity index (χ0n) is 14.2. The summed E-state index contributed by atoms with van der Waals surface area (Å²) >= 11 is 0. The number of unbranched alkanes of at least 4 members (excludes halogenated alkanes) is 6. The van der Waals surface area contributed by atoms with Gasteiger partial charge in [-0.25, -0.2) is 0 Å². The van der Waals surface area contributed by atoms with Crippen LogP contribution in [0.3, 0.4) is 0 Å². The lowest BCUT2D eigenvalue weighted by molar-refractivity contribution is 0.466. The minimum absolute atomic E-state index is 0.400. The van der Waals surface area contributed by atoms with E-state index in [2.05, 4.69) is 12.2 Å². The number of anilines is 2. The van der Waals surface area contributed by atoms with Gasteiger partial charge in [-0.2, -0.15) is 0 Å². The van der Waals surface area contributed by atoms with Crippen molar-refractivity contribution in [2.75, 3.05) is 5.32 Å². The molecule has 0 radical (unpaired) electrons. The third-order valence-electron chi connectivity index (χ3n) is 4.20. The number of hydrogen-bond donors (Lipinski definition) is 2. The van der Waals surface area contributed by atoms with E-state index < -0.39 is 0 Å². The molecule has 2 heteroatoms. The number of para-hydroxylation sites is 1. The van der Waals surface area contributed by atoms with Crippen molar-refractivity contribution in [3.63, 3.8) is 0 Å². The maximum absolute atomic E-state index is 10.2. The van der Waals surface area contributed by atoms with Crippen LogP contribution in [0.25, 0.3) is 0 Å². The Morgan fingerprint density at radius 3 is 2.17 bits per heavy atom. The van der Waals surface area contributed by atoms with Crippen LogP contribution in [0.5, 0.6) is 5.75 Å². The number of benzene rings is 2. The normalized spacial score (nSPS) is 10.7. The smallest absolute Gasteiger partial charge is 0.120 e. The number of phenols is 1. The van der Waals surface area contributed by atoms with Crippen molar-refractivity contribution < 1.29 is 5.11 Å². The molecule has 0 heterocycles. The zero-order chi connectivity index (χ0) is 16.3. The highest BCUT2D eigenvalue weighted by Crippen LogP contribution is 2.26. The molecule has 0 fully saturated rings. The van der Waals surface area contributed by atoms with E-state index in [1.54, 1.807) is 0 Å². The molecular formula is C21H29NO. The Bertz CT molecular complexity index is 565. The van der Waals surface area contributed by atoms with Crippen molar-refractivity contribution in [2.45, 2.75) is 58.3 Å². The highest BCUT2D eigenvalue weighted by Gasteiger charge is 2.03. The maximum Gasteiger partial charge on any atom is 0.120 e. The summed E-state index contributed by atoms with van der Waals surface area (Å²) in [6.07, 6.45) is 10.1. The van der Waals surface area contributed by atoms with Crippen LogP contribution in [-0.2, 0) is 6.42 Å². The standard InChI is InChI=1S/C21H29NO/c1-2-3-4-5-6-7-9-12-18-15-16-20(17-21(18)23)22-19-13-10-8-11-14-19/h8,10-11,13-17,22-23H,2-7,9,12H2,1H3. The molecule has 2 aromatic carbocycles. The van der Waals surface area contributed by atoms with Gasteiger partial charge in [0.15, 0.2) is 0 Å². The second kappa shape index (κ2) is 9.94. The SMILES string of the molecule is CCCCCCCCCc1ccc(Nc2ccccc2)cc1O. The molecule has 23 heavy (non-hydrogen) atoms. The lowest BCUT2D eigenvalue weighted by Crippen LogP contribution is -1.92. The molecule has 0 aliphatic rings. The van der Waals surface area contributed by atoms with E-state index in [4.69, 9.17) is 0 Å². The topological polar surface area (TPSA) is 32.3 Å². The zero-order valence-corrected chi connectivity index (χ0v) is 14.2. The molecule has 0 amide bonds. The van der Waals surface area contributed by atoms with Crippen LogP contribution in [0.1, 0.15) is 57.4 Å². The summed E-state index contributed by atoms with van der Waals surface area (Å²) in [5, 5.41) is 13.5. The minimum atomic E-state index is 0.400. The number of hydrogen-bond acceptors (Lipinski definition) is 2. The first-order chi connectivity index (χ1) is 11.3. The molecule has 0 aliphatic heterocycles. The fraction of sp³-hybridized carbons (Fsp3) is 0.429. The Balaban J connectivity index is 1.76. The van der Waals surface area contributed by atoms with Crippen LogP contribution in [0.4, 0.5) is 11.4 Å². The highest BCUT2D eigenvalue weighted by atomic mass is 16.3.